The fraction of sp³-hybridized carbons (Fsp3) is 0.789. The van der Waals surface area contributed by atoms with Crippen molar-refractivity contribution in [2.75, 3.05) is 24.0 Å². The molecule has 11 heteroatoms. The van der Waals surface area contributed by atoms with E-state index in [2.05, 4.69) is 16.0 Å². The molecule has 9 nitrogen and oxygen atoms in total. The number of aliphatic carboxylic acids is 1. The average molecular weight is 465 g/mol. The summed E-state index contributed by atoms with van der Waals surface area (Å²) < 4.78 is 0. The van der Waals surface area contributed by atoms with Crippen molar-refractivity contribution in [1.29, 1.82) is 0 Å². The minimum Gasteiger partial charge on any atom is -0.480 e. The normalized spacial score (nSPS) is 15.9. The van der Waals surface area contributed by atoms with Crippen LogP contribution < -0.4 is 21.7 Å². The van der Waals surface area contributed by atoms with E-state index in [-0.39, 0.29) is 5.92 Å². The number of thioether (sulfide) groups is 2. The number of amides is 3. The van der Waals surface area contributed by atoms with Crippen LogP contribution in [-0.2, 0) is 19.2 Å². The molecule has 0 aliphatic rings. The Labute approximate surface area is 187 Å². The molecule has 5 atom stereocenters. The molecule has 3 amide bonds. The van der Waals surface area contributed by atoms with Gasteiger partial charge in [-0.1, -0.05) is 20.3 Å². The lowest BCUT2D eigenvalue weighted by Gasteiger charge is -2.25. The lowest BCUT2D eigenvalue weighted by atomic mass is 9.98. The molecule has 6 N–H and O–H groups in total. The van der Waals surface area contributed by atoms with Gasteiger partial charge >= 0.3 is 5.97 Å². The Morgan fingerprint density at radius 3 is 1.97 bits per heavy atom. The summed E-state index contributed by atoms with van der Waals surface area (Å²) in [6, 6.07) is -3.54. The van der Waals surface area contributed by atoms with Gasteiger partial charge in [-0.3, -0.25) is 14.4 Å². The maximum absolute atomic E-state index is 12.7. The molecule has 0 bridgehead atoms. The monoisotopic (exact) mass is 464 g/mol. The van der Waals surface area contributed by atoms with Crippen LogP contribution in [0.25, 0.3) is 0 Å². The number of carboxylic acids is 1. The summed E-state index contributed by atoms with van der Waals surface area (Å²) in [4.78, 5) is 48.8. The van der Waals surface area contributed by atoms with Crippen LogP contribution in [0.15, 0.2) is 0 Å². The third-order valence-electron chi connectivity index (χ3n) is 4.74. The first kappa shape index (κ1) is 28.5. The van der Waals surface area contributed by atoms with Gasteiger partial charge in [-0.25, -0.2) is 4.79 Å². The third kappa shape index (κ3) is 10.5. The second-order valence-electron chi connectivity index (χ2n) is 7.17. The van der Waals surface area contributed by atoms with E-state index in [4.69, 9.17) is 5.73 Å². The average Bonchev–Trinajstić information content (AvgIpc) is 2.71. The fourth-order valence-electron chi connectivity index (χ4n) is 2.50. The van der Waals surface area contributed by atoms with Crippen LogP contribution in [-0.4, -0.2) is 77.0 Å². The van der Waals surface area contributed by atoms with Gasteiger partial charge in [-0.2, -0.15) is 23.5 Å². The van der Waals surface area contributed by atoms with Crippen LogP contribution in [0.4, 0.5) is 0 Å². The molecular formula is C19H36N4O5S2. The van der Waals surface area contributed by atoms with Crippen molar-refractivity contribution in [2.24, 2.45) is 11.7 Å². The summed E-state index contributed by atoms with van der Waals surface area (Å²) in [5.41, 5.74) is 5.81. The molecule has 174 valence electrons. The number of nitrogens with one attached hydrogen (secondary N) is 3. The van der Waals surface area contributed by atoms with E-state index in [9.17, 15) is 24.3 Å². The Morgan fingerprint density at radius 2 is 1.47 bits per heavy atom. The highest BCUT2D eigenvalue weighted by Gasteiger charge is 2.30. The van der Waals surface area contributed by atoms with Crippen LogP contribution >= 0.6 is 23.5 Å². The molecule has 0 aromatic heterocycles. The van der Waals surface area contributed by atoms with Crippen LogP contribution in [0.3, 0.4) is 0 Å². The van der Waals surface area contributed by atoms with Gasteiger partial charge in [-0.15, -0.1) is 0 Å². The van der Waals surface area contributed by atoms with Crippen LogP contribution in [0.5, 0.6) is 0 Å². The maximum Gasteiger partial charge on any atom is 0.326 e. The van der Waals surface area contributed by atoms with Gasteiger partial charge in [0, 0.05) is 0 Å². The van der Waals surface area contributed by atoms with Crippen LogP contribution in [0.2, 0.25) is 0 Å². The highest BCUT2D eigenvalue weighted by molar-refractivity contribution is 7.98. The van der Waals surface area contributed by atoms with Gasteiger partial charge in [0.15, 0.2) is 0 Å². The number of carbonyl (C=O) groups excluding carboxylic acids is 3. The van der Waals surface area contributed by atoms with Crippen LogP contribution in [0, 0.1) is 5.92 Å². The van der Waals surface area contributed by atoms with Crippen LogP contribution in [0.1, 0.15) is 40.0 Å². The zero-order valence-corrected chi connectivity index (χ0v) is 20.0. The largest absolute Gasteiger partial charge is 0.480 e. The molecule has 0 heterocycles. The second kappa shape index (κ2) is 15.4. The summed E-state index contributed by atoms with van der Waals surface area (Å²) >= 11 is 3.08. The number of carboxylic acid groups (broad SMARTS) is 1. The van der Waals surface area contributed by atoms with Gasteiger partial charge in [-0.05, 0) is 49.7 Å². The van der Waals surface area contributed by atoms with Gasteiger partial charge in [0.25, 0.3) is 0 Å². The van der Waals surface area contributed by atoms with E-state index < -0.39 is 47.9 Å². The molecule has 0 rings (SSSR count). The van der Waals surface area contributed by atoms with Gasteiger partial charge < -0.3 is 26.8 Å². The van der Waals surface area contributed by atoms with Gasteiger partial charge in [0.05, 0.1) is 6.04 Å². The predicted molar refractivity (Wildman–Crippen MR) is 123 cm³/mol. The van der Waals surface area contributed by atoms with Crippen molar-refractivity contribution in [1.82, 2.24) is 16.0 Å². The molecule has 0 aliphatic heterocycles. The van der Waals surface area contributed by atoms with E-state index in [0.717, 1.165) is 5.75 Å². The van der Waals surface area contributed by atoms with Gasteiger partial charge in [0.1, 0.15) is 18.1 Å². The first-order valence-corrected chi connectivity index (χ1v) is 12.7. The summed E-state index contributed by atoms with van der Waals surface area (Å²) in [5, 5.41) is 17.1. The second-order valence-corrected chi connectivity index (χ2v) is 9.14. The topological polar surface area (TPSA) is 151 Å². The number of hydrogen-bond donors (Lipinski definition) is 5. The van der Waals surface area contributed by atoms with E-state index in [1.54, 1.807) is 18.7 Å². The highest BCUT2D eigenvalue weighted by Crippen LogP contribution is 2.09. The zero-order chi connectivity index (χ0) is 23.3. The van der Waals surface area contributed by atoms with Crippen molar-refractivity contribution < 1.29 is 24.3 Å². The fourth-order valence-corrected chi connectivity index (χ4v) is 3.46. The maximum atomic E-state index is 12.7. The summed E-state index contributed by atoms with van der Waals surface area (Å²) in [5.74, 6) is -1.57. The molecule has 0 saturated carbocycles. The van der Waals surface area contributed by atoms with Gasteiger partial charge in [0.2, 0.25) is 17.7 Å². The third-order valence-corrected chi connectivity index (χ3v) is 6.03. The van der Waals surface area contributed by atoms with E-state index in [0.29, 0.717) is 25.0 Å². The highest BCUT2D eigenvalue weighted by atomic mass is 32.2. The molecule has 5 unspecified atom stereocenters. The first-order valence-electron chi connectivity index (χ1n) is 9.96. The minimum absolute atomic E-state index is 0.260. The number of rotatable bonds is 15. The number of hydrogen-bond acceptors (Lipinski definition) is 7. The predicted octanol–water partition coefficient (Wildman–Crippen LogP) is 0.425. The Balaban J connectivity index is 5.05. The Hall–Kier alpha value is -1.46. The van der Waals surface area contributed by atoms with Crippen molar-refractivity contribution in [3.8, 4) is 0 Å². The number of carbonyl (C=O) groups is 4. The lowest BCUT2D eigenvalue weighted by molar-refractivity contribution is -0.143. The van der Waals surface area contributed by atoms with Crippen molar-refractivity contribution in [2.45, 2.75) is 64.2 Å². The molecule has 0 saturated heterocycles. The standard InChI is InChI=1S/C19H36N4O5S2/c1-6-11(2)15(19(27)28)23-18(26)14(8-10-30-5)22-16(24)12(3)21-17(25)13(20)7-9-29-4/h11-15H,6-10,20H2,1-5H3,(H,21,25)(H,22,24)(H,23,26)(H,27,28). The molecule has 0 aliphatic carbocycles. The molecule has 0 aromatic carbocycles. The van der Waals surface area contributed by atoms with Crippen molar-refractivity contribution in [3.05, 3.63) is 0 Å². The molecule has 0 spiro atoms. The Morgan fingerprint density at radius 1 is 0.900 bits per heavy atom. The molecule has 0 radical (unpaired) electrons. The summed E-state index contributed by atoms with van der Waals surface area (Å²) in [6.07, 6.45) is 5.19. The zero-order valence-electron chi connectivity index (χ0n) is 18.4. The molecular weight excluding hydrogens is 428 g/mol. The summed E-state index contributed by atoms with van der Waals surface area (Å²) in [6.45, 7) is 5.09. The van der Waals surface area contributed by atoms with Crippen molar-refractivity contribution >= 4 is 47.2 Å². The van der Waals surface area contributed by atoms with E-state index in [1.807, 2.05) is 19.4 Å². The SMILES string of the molecule is CCC(C)C(NC(=O)C(CCSC)NC(=O)C(C)NC(=O)C(N)CCSC)C(=O)O. The molecule has 0 fully saturated rings. The van der Waals surface area contributed by atoms with E-state index in [1.165, 1.54) is 18.7 Å². The molecule has 0 aromatic rings. The van der Waals surface area contributed by atoms with E-state index >= 15 is 0 Å². The summed E-state index contributed by atoms with van der Waals surface area (Å²) in [7, 11) is 0. The Kier molecular flexibility index (Phi) is 14.6. The lowest BCUT2D eigenvalue weighted by Crippen LogP contribution is -2.57. The Bertz CT molecular complexity index is 579. The van der Waals surface area contributed by atoms with Crippen molar-refractivity contribution in [3.63, 3.8) is 0 Å². The quantitative estimate of drug-likeness (QED) is 0.234. The first-order chi connectivity index (χ1) is 14.1. The number of nitrogens with two attached hydrogens (primary N) is 1. The minimum atomic E-state index is -1.12. The molecule has 30 heavy (non-hydrogen) atoms. The smallest absolute Gasteiger partial charge is 0.326 e.